The number of carbonyl (C=O) groups is 1. The van der Waals surface area contributed by atoms with Gasteiger partial charge in [0.1, 0.15) is 10.3 Å². The SMILES string of the molecule is CCCC1(CCC)C(=O)CC1C(Cl)=C(Cl)Cl. The highest BCUT2D eigenvalue weighted by molar-refractivity contribution is 6.59. The van der Waals surface area contributed by atoms with Crippen LogP contribution in [-0.2, 0) is 4.79 Å². The summed E-state index contributed by atoms with van der Waals surface area (Å²) in [5.74, 6) is 0.348. The van der Waals surface area contributed by atoms with Gasteiger partial charge < -0.3 is 0 Å². The molecule has 0 heterocycles. The molecule has 1 unspecified atom stereocenters. The zero-order valence-corrected chi connectivity index (χ0v) is 11.9. The van der Waals surface area contributed by atoms with Crippen LogP contribution < -0.4 is 0 Å². The summed E-state index contributed by atoms with van der Waals surface area (Å²) in [5.41, 5.74) is -0.296. The van der Waals surface area contributed by atoms with Gasteiger partial charge in [0.15, 0.2) is 0 Å². The summed E-state index contributed by atoms with van der Waals surface area (Å²) in [7, 11) is 0. The van der Waals surface area contributed by atoms with E-state index in [1.807, 2.05) is 0 Å². The van der Waals surface area contributed by atoms with Gasteiger partial charge in [0.05, 0.1) is 5.03 Å². The molecule has 0 aromatic rings. The average molecular weight is 284 g/mol. The number of halogens is 3. The number of Topliss-reactive ketones (excluding diaryl/α,β-unsaturated/α-hetero) is 1. The van der Waals surface area contributed by atoms with Crippen molar-refractivity contribution in [3.05, 3.63) is 9.52 Å². The molecule has 92 valence electrons. The van der Waals surface area contributed by atoms with Gasteiger partial charge in [0.2, 0.25) is 0 Å². The van der Waals surface area contributed by atoms with E-state index < -0.39 is 0 Å². The molecule has 0 aliphatic heterocycles. The molecule has 1 saturated carbocycles. The first-order valence-corrected chi connectivity index (χ1v) is 6.87. The highest BCUT2D eigenvalue weighted by atomic mass is 35.5. The van der Waals surface area contributed by atoms with E-state index in [1.165, 1.54) is 0 Å². The van der Waals surface area contributed by atoms with Gasteiger partial charge in [-0.15, -0.1) is 0 Å². The first-order chi connectivity index (χ1) is 7.49. The smallest absolute Gasteiger partial charge is 0.140 e. The fraction of sp³-hybridized carbons (Fsp3) is 0.750. The second-order valence-corrected chi connectivity index (χ2v) is 5.80. The lowest BCUT2D eigenvalue weighted by Crippen LogP contribution is -2.50. The van der Waals surface area contributed by atoms with Crippen molar-refractivity contribution in [3.63, 3.8) is 0 Å². The molecule has 0 saturated heterocycles. The lowest BCUT2D eigenvalue weighted by atomic mass is 9.55. The standard InChI is InChI=1S/C12H17Cl3O/c1-3-5-12(6-4-2)8(7-9(12)16)10(13)11(14)15/h8H,3-7H2,1-2H3. The van der Waals surface area contributed by atoms with E-state index in [0.29, 0.717) is 17.2 Å². The highest BCUT2D eigenvalue weighted by Crippen LogP contribution is 2.55. The minimum absolute atomic E-state index is 0.0339. The number of ketones is 1. The third-order valence-corrected chi connectivity index (χ3v) is 4.54. The molecule has 1 atom stereocenters. The Morgan fingerprint density at radius 3 is 2.06 bits per heavy atom. The number of hydrogen-bond donors (Lipinski definition) is 0. The van der Waals surface area contributed by atoms with Crippen LogP contribution in [0.4, 0.5) is 0 Å². The number of hydrogen-bond acceptors (Lipinski definition) is 1. The maximum atomic E-state index is 11.9. The van der Waals surface area contributed by atoms with Crippen LogP contribution in [0.25, 0.3) is 0 Å². The van der Waals surface area contributed by atoms with Crippen LogP contribution in [0.2, 0.25) is 0 Å². The second kappa shape index (κ2) is 5.75. The maximum absolute atomic E-state index is 11.9. The van der Waals surface area contributed by atoms with Crippen molar-refractivity contribution in [2.24, 2.45) is 11.3 Å². The Morgan fingerprint density at radius 2 is 1.75 bits per heavy atom. The third-order valence-electron chi connectivity index (χ3n) is 3.49. The maximum Gasteiger partial charge on any atom is 0.140 e. The van der Waals surface area contributed by atoms with Crippen molar-refractivity contribution in [2.45, 2.75) is 46.0 Å². The van der Waals surface area contributed by atoms with Gasteiger partial charge in [-0.2, -0.15) is 0 Å². The second-order valence-electron chi connectivity index (χ2n) is 4.44. The quantitative estimate of drug-likeness (QED) is 0.690. The predicted molar refractivity (Wildman–Crippen MR) is 69.9 cm³/mol. The summed E-state index contributed by atoms with van der Waals surface area (Å²) in [5, 5.41) is 0.463. The van der Waals surface area contributed by atoms with Crippen LogP contribution in [0.1, 0.15) is 46.0 Å². The van der Waals surface area contributed by atoms with Crippen LogP contribution in [0, 0.1) is 11.3 Å². The van der Waals surface area contributed by atoms with Crippen LogP contribution in [-0.4, -0.2) is 5.78 Å². The van der Waals surface area contributed by atoms with Crippen molar-refractivity contribution in [2.75, 3.05) is 0 Å². The molecule has 4 heteroatoms. The molecule has 0 N–H and O–H groups in total. The van der Waals surface area contributed by atoms with E-state index in [1.54, 1.807) is 0 Å². The molecule has 1 rings (SSSR count). The van der Waals surface area contributed by atoms with E-state index in [0.717, 1.165) is 25.7 Å². The fourth-order valence-electron chi connectivity index (χ4n) is 2.76. The van der Waals surface area contributed by atoms with Gasteiger partial charge in [-0.25, -0.2) is 0 Å². The van der Waals surface area contributed by atoms with E-state index in [2.05, 4.69) is 13.8 Å². The summed E-state index contributed by atoms with van der Waals surface area (Å²) in [6.45, 7) is 4.17. The number of carbonyl (C=O) groups excluding carboxylic acids is 1. The Labute approximate surface area is 112 Å². The van der Waals surface area contributed by atoms with Crippen LogP contribution >= 0.6 is 34.8 Å². The molecule has 1 nitrogen and oxygen atoms in total. The molecule has 1 aliphatic carbocycles. The minimum Gasteiger partial charge on any atom is -0.299 e. The first-order valence-electron chi connectivity index (χ1n) is 5.73. The Balaban J connectivity index is 2.95. The summed E-state index contributed by atoms with van der Waals surface area (Å²) < 4.78 is 0.107. The summed E-state index contributed by atoms with van der Waals surface area (Å²) in [6, 6.07) is 0. The summed E-state index contributed by atoms with van der Waals surface area (Å²) >= 11 is 17.5. The van der Waals surface area contributed by atoms with Crippen molar-refractivity contribution >= 4 is 40.6 Å². The highest BCUT2D eigenvalue weighted by Gasteiger charge is 2.54. The lowest BCUT2D eigenvalue weighted by Gasteiger charge is -2.48. The molecule has 0 spiro atoms. The molecule has 0 aromatic heterocycles. The Kier molecular flexibility index (Phi) is 5.15. The Hall–Kier alpha value is 0.280. The summed E-state index contributed by atoms with van der Waals surface area (Å²) in [4.78, 5) is 11.9. The summed E-state index contributed by atoms with van der Waals surface area (Å²) in [6.07, 6.45) is 4.20. The molecule has 0 bridgehead atoms. The molecule has 0 aromatic carbocycles. The van der Waals surface area contributed by atoms with Gasteiger partial charge in [0.25, 0.3) is 0 Å². The van der Waals surface area contributed by atoms with Crippen molar-refractivity contribution in [1.29, 1.82) is 0 Å². The largest absolute Gasteiger partial charge is 0.299 e. The van der Waals surface area contributed by atoms with E-state index in [9.17, 15) is 4.79 Å². The molecule has 1 fully saturated rings. The van der Waals surface area contributed by atoms with Crippen molar-refractivity contribution < 1.29 is 4.79 Å². The predicted octanol–water partition coefficient (Wildman–Crippen LogP) is 5.05. The monoisotopic (exact) mass is 282 g/mol. The van der Waals surface area contributed by atoms with Crippen LogP contribution in [0.3, 0.4) is 0 Å². The number of rotatable bonds is 5. The molecule has 1 aliphatic rings. The van der Waals surface area contributed by atoms with E-state index in [4.69, 9.17) is 34.8 Å². The van der Waals surface area contributed by atoms with Gasteiger partial charge in [0, 0.05) is 17.8 Å². The third kappa shape index (κ3) is 2.42. The number of allylic oxidation sites excluding steroid dienone is 1. The molecular weight excluding hydrogens is 266 g/mol. The molecular formula is C12H17Cl3O. The van der Waals surface area contributed by atoms with Crippen molar-refractivity contribution in [3.8, 4) is 0 Å². The molecule has 16 heavy (non-hydrogen) atoms. The first kappa shape index (κ1) is 14.3. The lowest BCUT2D eigenvalue weighted by molar-refractivity contribution is -0.145. The normalized spacial score (nSPS) is 22.8. The van der Waals surface area contributed by atoms with E-state index in [-0.39, 0.29) is 15.8 Å². The molecule has 0 amide bonds. The topological polar surface area (TPSA) is 17.1 Å². The Morgan fingerprint density at radius 1 is 1.25 bits per heavy atom. The van der Waals surface area contributed by atoms with Gasteiger partial charge >= 0.3 is 0 Å². The van der Waals surface area contributed by atoms with Gasteiger partial charge in [-0.05, 0) is 12.8 Å². The average Bonchev–Trinajstić information content (AvgIpc) is 2.24. The fourth-order valence-corrected chi connectivity index (χ4v) is 3.31. The van der Waals surface area contributed by atoms with Crippen LogP contribution in [0.15, 0.2) is 9.52 Å². The Bertz CT molecular complexity index is 299. The van der Waals surface area contributed by atoms with Gasteiger partial charge in [-0.3, -0.25) is 4.79 Å². The minimum atomic E-state index is -0.296. The van der Waals surface area contributed by atoms with Crippen molar-refractivity contribution in [1.82, 2.24) is 0 Å². The molecule has 0 radical (unpaired) electrons. The van der Waals surface area contributed by atoms with Crippen LogP contribution in [0.5, 0.6) is 0 Å². The zero-order valence-electron chi connectivity index (χ0n) is 9.66. The van der Waals surface area contributed by atoms with Gasteiger partial charge in [-0.1, -0.05) is 61.5 Å². The zero-order chi connectivity index (χ0) is 12.3. The van der Waals surface area contributed by atoms with E-state index >= 15 is 0 Å².